The topological polar surface area (TPSA) is 64.7 Å². The van der Waals surface area contributed by atoms with Crippen LogP contribution < -0.4 is 15.2 Å². The molecule has 0 bridgehead atoms. The average molecular weight is 225 g/mol. The molecule has 0 saturated carbocycles. The van der Waals surface area contributed by atoms with Crippen molar-refractivity contribution in [3.63, 3.8) is 0 Å². The van der Waals surface area contributed by atoms with Gasteiger partial charge in [-0.2, -0.15) is 0 Å². The van der Waals surface area contributed by atoms with Crippen LogP contribution in [0, 0.1) is 0 Å². The molecule has 90 valence electrons. The third-order valence-electron chi connectivity index (χ3n) is 2.36. The van der Waals surface area contributed by atoms with Crippen LogP contribution in [0.5, 0.6) is 11.5 Å². The summed E-state index contributed by atoms with van der Waals surface area (Å²) in [7, 11) is 1.60. The molecular formula is C12H19NO3. The fraction of sp³-hybridized carbons (Fsp3) is 0.500. The molecule has 1 atom stereocenters. The van der Waals surface area contributed by atoms with Gasteiger partial charge in [0.1, 0.15) is 0 Å². The molecule has 0 unspecified atom stereocenters. The Hall–Kier alpha value is -1.26. The van der Waals surface area contributed by atoms with Gasteiger partial charge in [-0.15, -0.1) is 0 Å². The van der Waals surface area contributed by atoms with E-state index in [2.05, 4.69) is 0 Å². The lowest BCUT2D eigenvalue weighted by Crippen LogP contribution is -2.12. The number of benzene rings is 1. The van der Waals surface area contributed by atoms with E-state index >= 15 is 0 Å². The number of hydrogen-bond acceptors (Lipinski definition) is 4. The highest BCUT2D eigenvalue weighted by Gasteiger charge is 2.10. The highest BCUT2D eigenvalue weighted by molar-refractivity contribution is 5.43. The maximum Gasteiger partial charge on any atom is 0.161 e. The molecule has 0 aliphatic heterocycles. The summed E-state index contributed by atoms with van der Waals surface area (Å²) in [6, 6.07) is 5.41. The molecule has 0 radical (unpaired) electrons. The van der Waals surface area contributed by atoms with E-state index in [9.17, 15) is 0 Å². The maximum atomic E-state index is 8.84. The van der Waals surface area contributed by atoms with E-state index in [1.165, 1.54) is 0 Å². The summed E-state index contributed by atoms with van der Waals surface area (Å²) in [4.78, 5) is 0. The zero-order valence-electron chi connectivity index (χ0n) is 9.77. The van der Waals surface area contributed by atoms with Crippen molar-refractivity contribution in [2.24, 2.45) is 5.73 Å². The summed E-state index contributed by atoms with van der Waals surface area (Å²) in [6.07, 6.45) is 0.540. The van der Waals surface area contributed by atoms with Crippen molar-refractivity contribution in [3.05, 3.63) is 23.8 Å². The minimum absolute atomic E-state index is 0.0805. The van der Waals surface area contributed by atoms with Gasteiger partial charge < -0.3 is 20.3 Å². The lowest BCUT2D eigenvalue weighted by Gasteiger charge is -2.14. The number of methoxy groups -OCH3 is 1. The maximum absolute atomic E-state index is 8.84. The van der Waals surface area contributed by atoms with E-state index in [-0.39, 0.29) is 12.6 Å². The normalized spacial score (nSPS) is 12.2. The molecule has 3 N–H and O–H groups in total. The standard InChI is InChI=1S/C12H19NO3/c1-3-16-12-8-9(10(13)6-7-14)4-5-11(12)15-2/h4-5,8,10,14H,3,6-7,13H2,1-2H3/t10-/m1/s1. The monoisotopic (exact) mass is 225 g/mol. The van der Waals surface area contributed by atoms with Gasteiger partial charge in [-0.25, -0.2) is 0 Å². The second kappa shape index (κ2) is 6.35. The SMILES string of the molecule is CCOc1cc([C@H](N)CCO)ccc1OC. The number of hydrogen-bond donors (Lipinski definition) is 2. The Balaban J connectivity index is 2.91. The largest absolute Gasteiger partial charge is 0.493 e. The summed E-state index contributed by atoms with van der Waals surface area (Å²) < 4.78 is 10.6. The highest BCUT2D eigenvalue weighted by Crippen LogP contribution is 2.30. The first-order valence-electron chi connectivity index (χ1n) is 5.40. The van der Waals surface area contributed by atoms with Gasteiger partial charge in [0, 0.05) is 12.6 Å². The Morgan fingerprint density at radius 2 is 2.12 bits per heavy atom. The van der Waals surface area contributed by atoms with Crippen LogP contribution in [0.15, 0.2) is 18.2 Å². The number of nitrogens with two attached hydrogens (primary N) is 1. The van der Waals surface area contributed by atoms with E-state index in [0.29, 0.717) is 24.5 Å². The van der Waals surface area contributed by atoms with Gasteiger partial charge in [0.05, 0.1) is 13.7 Å². The molecule has 4 nitrogen and oxygen atoms in total. The molecular weight excluding hydrogens is 206 g/mol. The van der Waals surface area contributed by atoms with Gasteiger partial charge in [-0.1, -0.05) is 6.07 Å². The van der Waals surface area contributed by atoms with Crippen molar-refractivity contribution in [3.8, 4) is 11.5 Å². The minimum Gasteiger partial charge on any atom is -0.493 e. The molecule has 0 aliphatic rings. The Kier molecular flexibility index (Phi) is 5.08. The van der Waals surface area contributed by atoms with Crippen molar-refractivity contribution < 1.29 is 14.6 Å². The molecule has 0 aromatic heterocycles. The molecule has 0 amide bonds. The first-order valence-corrected chi connectivity index (χ1v) is 5.40. The molecule has 16 heavy (non-hydrogen) atoms. The van der Waals surface area contributed by atoms with Gasteiger partial charge in [-0.05, 0) is 31.0 Å². The summed E-state index contributed by atoms with van der Waals surface area (Å²) in [6.45, 7) is 2.58. The number of aliphatic hydroxyl groups excluding tert-OH is 1. The first-order chi connectivity index (χ1) is 7.72. The molecule has 0 fully saturated rings. The van der Waals surface area contributed by atoms with Crippen LogP contribution in [0.25, 0.3) is 0 Å². The Bertz CT molecular complexity index is 328. The number of ether oxygens (including phenoxy) is 2. The summed E-state index contributed by atoms with van der Waals surface area (Å²) in [5.41, 5.74) is 6.85. The quantitative estimate of drug-likeness (QED) is 0.769. The molecule has 0 heterocycles. The van der Waals surface area contributed by atoms with Gasteiger partial charge >= 0.3 is 0 Å². The zero-order chi connectivity index (χ0) is 12.0. The average Bonchev–Trinajstić information content (AvgIpc) is 2.29. The number of aliphatic hydroxyl groups is 1. The predicted molar refractivity (Wildman–Crippen MR) is 62.8 cm³/mol. The van der Waals surface area contributed by atoms with Crippen molar-refractivity contribution in [1.29, 1.82) is 0 Å². The van der Waals surface area contributed by atoms with Gasteiger partial charge in [-0.3, -0.25) is 0 Å². The fourth-order valence-electron chi connectivity index (χ4n) is 1.50. The lowest BCUT2D eigenvalue weighted by molar-refractivity contribution is 0.276. The Morgan fingerprint density at radius 1 is 1.38 bits per heavy atom. The van der Waals surface area contributed by atoms with Gasteiger partial charge in [0.15, 0.2) is 11.5 Å². The van der Waals surface area contributed by atoms with Crippen molar-refractivity contribution >= 4 is 0 Å². The van der Waals surface area contributed by atoms with Crippen LogP contribution in [0.1, 0.15) is 24.9 Å². The first kappa shape index (κ1) is 12.8. The lowest BCUT2D eigenvalue weighted by atomic mass is 10.0. The Labute approximate surface area is 96.0 Å². The van der Waals surface area contributed by atoms with Gasteiger partial charge in [0.25, 0.3) is 0 Å². The molecule has 0 saturated heterocycles. The van der Waals surface area contributed by atoms with Crippen LogP contribution in [0.3, 0.4) is 0 Å². The molecule has 0 spiro atoms. The zero-order valence-corrected chi connectivity index (χ0v) is 9.77. The third kappa shape index (κ3) is 3.12. The van der Waals surface area contributed by atoms with Crippen LogP contribution >= 0.6 is 0 Å². The van der Waals surface area contributed by atoms with E-state index in [1.807, 2.05) is 25.1 Å². The summed E-state index contributed by atoms with van der Waals surface area (Å²) in [5, 5.41) is 8.84. The van der Waals surface area contributed by atoms with E-state index in [4.69, 9.17) is 20.3 Å². The van der Waals surface area contributed by atoms with E-state index in [0.717, 1.165) is 5.56 Å². The predicted octanol–water partition coefficient (Wildman–Crippen LogP) is 1.48. The highest BCUT2D eigenvalue weighted by atomic mass is 16.5. The minimum atomic E-state index is -0.171. The second-order valence-corrected chi connectivity index (χ2v) is 3.46. The van der Waals surface area contributed by atoms with Gasteiger partial charge in [0.2, 0.25) is 0 Å². The summed E-state index contributed by atoms with van der Waals surface area (Å²) >= 11 is 0. The van der Waals surface area contributed by atoms with Crippen molar-refractivity contribution in [1.82, 2.24) is 0 Å². The van der Waals surface area contributed by atoms with E-state index < -0.39 is 0 Å². The van der Waals surface area contributed by atoms with Crippen molar-refractivity contribution in [2.75, 3.05) is 20.3 Å². The number of rotatable bonds is 6. The fourth-order valence-corrected chi connectivity index (χ4v) is 1.50. The van der Waals surface area contributed by atoms with E-state index in [1.54, 1.807) is 7.11 Å². The molecule has 4 heteroatoms. The van der Waals surface area contributed by atoms with Crippen LogP contribution in [-0.2, 0) is 0 Å². The molecule has 1 aromatic rings. The molecule has 0 aliphatic carbocycles. The van der Waals surface area contributed by atoms with Crippen LogP contribution in [-0.4, -0.2) is 25.4 Å². The molecule has 1 rings (SSSR count). The molecule has 1 aromatic carbocycles. The Morgan fingerprint density at radius 3 is 2.69 bits per heavy atom. The van der Waals surface area contributed by atoms with Crippen LogP contribution in [0.2, 0.25) is 0 Å². The summed E-state index contributed by atoms with van der Waals surface area (Å²) in [5.74, 6) is 1.39. The van der Waals surface area contributed by atoms with Crippen LogP contribution in [0.4, 0.5) is 0 Å². The van der Waals surface area contributed by atoms with Crippen molar-refractivity contribution in [2.45, 2.75) is 19.4 Å². The third-order valence-corrected chi connectivity index (χ3v) is 2.36. The smallest absolute Gasteiger partial charge is 0.161 e. The second-order valence-electron chi connectivity index (χ2n) is 3.46.